The number of hydroxylamine groups is 2. The molecule has 0 spiro atoms. The summed E-state index contributed by atoms with van der Waals surface area (Å²) in [7, 11) is 1.30. The summed E-state index contributed by atoms with van der Waals surface area (Å²) in [5, 5.41) is 19.0. The lowest BCUT2D eigenvalue weighted by atomic mass is 9.96. The van der Waals surface area contributed by atoms with Crippen molar-refractivity contribution in [3.63, 3.8) is 0 Å². The molecular formula is C18H19NO5. The second-order valence-corrected chi connectivity index (χ2v) is 5.33. The molecule has 0 aliphatic carbocycles. The van der Waals surface area contributed by atoms with Gasteiger partial charge in [-0.2, -0.15) is 0 Å². The van der Waals surface area contributed by atoms with E-state index in [2.05, 4.69) is 0 Å². The number of hydrogen-bond donors (Lipinski definition) is 2. The Balaban J connectivity index is 2.35. The molecule has 24 heavy (non-hydrogen) atoms. The summed E-state index contributed by atoms with van der Waals surface area (Å²) in [5.41, 5.74) is 2.63. The number of aliphatic carboxylic acids is 1. The second-order valence-electron chi connectivity index (χ2n) is 5.33. The topological polar surface area (TPSA) is 87.1 Å². The van der Waals surface area contributed by atoms with Crippen LogP contribution in [0, 0.1) is 6.92 Å². The summed E-state index contributed by atoms with van der Waals surface area (Å²) in [5.74, 6) is -1.95. The molecule has 0 saturated heterocycles. The third-order valence-electron chi connectivity index (χ3n) is 3.69. The average molecular weight is 329 g/mol. The molecule has 0 amide bonds. The van der Waals surface area contributed by atoms with Crippen LogP contribution in [0.1, 0.15) is 15.9 Å². The van der Waals surface area contributed by atoms with Crippen molar-refractivity contribution in [2.24, 2.45) is 0 Å². The Kier molecular flexibility index (Phi) is 5.68. The first-order chi connectivity index (χ1) is 11.5. The monoisotopic (exact) mass is 329 g/mol. The standard InChI is InChI=1S/C18H19NO5/c1-12-7-6-10-14(13-8-4-3-5-9-13)16(12)18(23)24-19(2)15(11-20)17(21)22/h3-10,15,20H,11H2,1-2H3,(H,21,22)/t15-/m0/s1. The Hall–Kier alpha value is -2.70. The molecule has 126 valence electrons. The van der Waals surface area contributed by atoms with Crippen molar-refractivity contribution in [1.29, 1.82) is 0 Å². The molecule has 0 radical (unpaired) electrons. The number of carboxylic acid groups (broad SMARTS) is 1. The number of aliphatic hydroxyl groups is 1. The van der Waals surface area contributed by atoms with Crippen molar-refractivity contribution in [3.8, 4) is 11.1 Å². The molecule has 2 aromatic rings. The fourth-order valence-corrected chi connectivity index (χ4v) is 2.39. The number of carbonyl (C=O) groups is 2. The van der Waals surface area contributed by atoms with E-state index in [0.29, 0.717) is 16.7 Å². The van der Waals surface area contributed by atoms with E-state index in [1.165, 1.54) is 7.05 Å². The number of benzene rings is 2. The lowest BCUT2D eigenvalue weighted by molar-refractivity contribution is -0.168. The Morgan fingerprint density at radius 2 is 1.79 bits per heavy atom. The molecular weight excluding hydrogens is 310 g/mol. The number of hydrogen-bond acceptors (Lipinski definition) is 5. The van der Waals surface area contributed by atoms with E-state index >= 15 is 0 Å². The number of likely N-dealkylation sites (N-methyl/N-ethyl adjacent to an activating group) is 1. The van der Waals surface area contributed by atoms with Gasteiger partial charge in [-0.1, -0.05) is 48.5 Å². The summed E-state index contributed by atoms with van der Waals surface area (Å²) in [6, 6.07) is 13.5. The SMILES string of the molecule is Cc1cccc(-c2ccccc2)c1C(=O)ON(C)[C@@H](CO)C(=O)O. The fraction of sp³-hybridized carbons (Fsp3) is 0.222. The minimum atomic E-state index is -1.32. The van der Waals surface area contributed by atoms with Crippen LogP contribution in [0.25, 0.3) is 11.1 Å². The van der Waals surface area contributed by atoms with Crippen LogP contribution in [0.2, 0.25) is 0 Å². The normalized spacial score (nSPS) is 12.0. The van der Waals surface area contributed by atoms with Crippen molar-refractivity contribution in [2.45, 2.75) is 13.0 Å². The molecule has 0 fully saturated rings. The molecule has 0 bridgehead atoms. The maximum absolute atomic E-state index is 12.6. The molecule has 0 aromatic heterocycles. The molecule has 6 heteroatoms. The Morgan fingerprint density at radius 3 is 2.38 bits per heavy atom. The highest BCUT2D eigenvalue weighted by molar-refractivity contribution is 5.98. The van der Waals surface area contributed by atoms with E-state index in [1.54, 1.807) is 19.1 Å². The summed E-state index contributed by atoms with van der Waals surface area (Å²) >= 11 is 0. The highest BCUT2D eigenvalue weighted by Gasteiger charge is 2.27. The first-order valence-corrected chi connectivity index (χ1v) is 7.39. The summed E-state index contributed by atoms with van der Waals surface area (Å²) in [6.45, 7) is 1.11. The molecule has 6 nitrogen and oxygen atoms in total. The van der Waals surface area contributed by atoms with E-state index in [0.717, 1.165) is 10.6 Å². The molecule has 0 heterocycles. The minimum Gasteiger partial charge on any atom is -0.480 e. The van der Waals surface area contributed by atoms with Gasteiger partial charge in [0.2, 0.25) is 0 Å². The Bertz CT molecular complexity index is 729. The van der Waals surface area contributed by atoms with Crippen LogP contribution in [0.3, 0.4) is 0 Å². The maximum atomic E-state index is 12.6. The lowest BCUT2D eigenvalue weighted by Crippen LogP contribution is -2.42. The Labute approximate surface area is 139 Å². The van der Waals surface area contributed by atoms with Crippen LogP contribution >= 0.6 is 0 Å². The number of aliphatic hydroxyl groups excluding tert-OH is 1. The molecule has 2 rings (SSSR count). The zero-order chi connectivity index (χ0) is 17.7. The van der Waals surface area contributed by atoms with E-state index in [1.807, 2.05) is 36.4 Å². The van der Waals surface area contributed by atoms with Gasteiger partial charge < -0.3 is 15.1 Å². The van der Waals surface area contributed by atoms with Gasteiger partial charge in [0.05, 0.1) is 12.2 Å². The highest BCUT2D eigenvalue weighted by Crippen LogP contribution is 2.27. The number of carbonyl (C=O) groups excluding carboxylic acids is 1. The third kappa shape index (κ3) is 3.79. The third-order valence-corrected chi connectivity index (χ3v) is 3.69. The van der Waals surface area contributed by atoms with E-state index < -0.39 is 24.6 Å². The fourth-order valence-electron chi connectivity index (χ4n) is 2.39. The Morgan fingerprint density at radius 1 is 1.12 bits per heavy atom. The van der Waals surface area contributed by atoms with Gasteiger partial charge in [-0.3, -0.25) is 4.79 Å². The van der Waals surface area contributed by atoms with Gasteiger partial charge in [0.25, 0.3) is 0 Å². The van der Waals surface area contributed by atoms with Crippen LogP contribution in [0.4, 0.5) is 0 Å². The van der Waals surface area contributed by atoms with Gasteiger partial charge >= 0.3 is 11.9 Å². The van der Waals surface area contributed by atoms with Crippen LogP contribution in [0.5, 0.6) is 0 Å². The zero-order valence-electron chi connectivity index (χ0n) is 13.5. The predicted octanol–water partition coefficient (Wildman–Crippen LogP) is 2.11. The second kappa shape index (κ2) is 7.72. The smallest absolute Gasteiger partial charge is 0.357 e. The van der Waals surface area contributed by atoms with Crippen molar-refractivity contribution in [2.75, 3.05) is 13.7 Å². The molecule has 1 atom stereocenters. The minimum absolute atomic E-state index is 0.359. The maximum Gasteiger partial charge on any atom is 0.357 e. The molecule has 2 aromatic carbocycles. The summed E-state index contributed by atoms with van der Waals surface area (Å²) in [4.78, 5) is 28.8. The first-order valence-electron chi connectivity index (χ1n) is 7.39. The van der Waals surface area contributed by atoms with Crippen LogP contribution < -0.4 is 0 Å². The number of carboxylic acids is 1. The number of aryl methyl sites for hydroxylation is 1. The van der Waals surface area contributed by atoms with Gasteiger partial charge in [-0.05, 0) is 23.6 Å². The van der Waals surface area contributed by atoms with Crippen molar-refractivity contribution >= 4 is 11.9 Å². The van der Waals surface area contributed by atoms with Crippen molar-refractivity contribution in [1.82, 2.24) is 5.06 Å². The molecule has 0 unspecified atom stereocenters. The molecule has 0 aliphatic rings. The molecule has 2 N–H and O–H groups in total. The van der Waals surface area contributed by atoms with Crippen molar-refractivity contribution in [3.05, 3.63) is 59.7 Å². The summed E-state index contributed by atoms with van der Waals surface area (Å²) < 4.78 is 0. The van der Waals surface area contributed by atoms with E-state index in [-0.39, 0.29) is 0 Å². The quantitative estimate of drug-likeness (QED) is 0.789. The predicted molar refractivity (Wildman–Crippen MR) is 88.3 cm³/mol. The molecule has 0 saturated carbocycles. The van der Waals surface area contributed by atoms with Gasteiger partial charge in [0.1, 0.15) is 0 Å². The number of rotatable bonds is 6. The van der Waals surface area contributed by atoms with Gasteiger partial charge in [0.15, 0.2) is 6.04 Å². The first kappa shape index (κ1) is 17.7. The van der Waals surface area contributed by atoms with E-state index in [4.69, 9.17) is 15.1 Å². The van der Waals surface area contributed by atoms with Crippen LogP contribution in [-0.2, 0) is 9.63 Å². The van der Waals surface area contributed by atoms with Gasteiger partial charge in [-0.25, -0.2) is 4.79 Å². The zero-order valence-corrected chi connectivity index (χ0v) is 13.5. The van der Waals surface area contributed by atoms with Crippen molar-refractivity contribution < 1.29 is 24.6 Å². The molecule has 0 aliphatic heterocycles. The van der Waals surface area contributed by atoms with E-state index in [9.17, 15) is 9.59 Å². The lowest BCUT2D eigenvalue weighted by Gasteiger charge is -2.22. The number of nitrogens with zero attached hydrogens (tertiary/aromatic N) is 1. The summed E-state index contributed by atoms with van der Waals surface area (Å²) in [6.07, 6.45) is 0. The average Bonchev–Trinajstić information content (AvgIpc) is 2.55. The van der Waals surface area contributed by atoms with Crippen LogP contribution in [0.15, 0.2) is 48.5 Å². The highest BCUT2D eigenvalue weighted by atomic mass is 16.7. The largest absolute Gasteiger partial charge is 0.480 e. The van der Waals surface area contributed by atoms with Crippen LogP contribution in [-0.4, -0.2) is 46.9 Å². The van der Waals surface area contributed by atoms with Gasteiger partial charge in [0, 0.05) is 7.05 Å². The van der Waals surface area contributed by atoms with Gasteiger partial charge in [-0.15, -0.1) is 5.06 Å².